The molecule has 1 aromatic rings. The van der Waals surface area contributed by atoms with Crippen molar-refractivity contribution < 1.29 is 0 Å². The zero-order chi connectivity index (χ0) is 11.5. The Labute approximate surface area is 104 Å². The molecule has 1 aromatic carbocycles. The summed E-state index contributed by atoms with van der Waals surface area (Å²) in [6, 6.07) is 11.8. The van der Waals surface area contributed by atoms with Crippen LogP contribution in [0.15, 0.2) is 30.3 Å². The van der Waals surface area contributed by atoms with Crippen molar-refractivity contribution in [2.24, 2.45) is 0 Å². The van der Waals surface area contributed by atoms with Gasteiger partial charge in [0.25, 0.3) is 0 Å². The lowest BCUT2D eigenvalue weighted by Crippen LogP contribution is -2.43. The predicted molar refractivity (Wildman–Crippen MR) is 71.3 cm³/mol. The van der Waals surface area contributed by atoms with E-state index in [0.29, 0.717) is 5.92 Å². The highest BCUT2D eigenvalue weighted by Crippen LogP contribution is 2.30. The Kier molecular flexibility index (Phi) is 3.44. The molecule has 2 heterocycles. The van der Waals surface area contributed by atoms with Gasteiger partial charge < -0.3 is 5.32 Å². The van der Waals surface area contributed by atoms with Crippen molar-refractivity contribution in [3.63, 3.8) is 0 Å². The number of hydrogen-bond acceptors (Lipinski definition) is 2. The van der Waals surface area contributed by atoms with Crippen molar-refractivity contribution in [3.8, 4) is 0 Å². The summed E-state index contributed by atoms with van der Waals surface area (Å²) in [5, 5.41) is 3.61. The summed E-state index contributed by atoms with van der Waals surface area (Å²) < 4.78 is 0. The molecule has 2 atom stereocenters. The minimum atomic E-state index is 0.680. The van der Waals surface area contributed by atoms with Crippen LogP contribution in [0.3, 0.4) is 0 Å². The molecule has 0 spiro atoms. The summed E-state index contributed by atoms with van der Waals surface area (Å²) in [5.74, 6) is 0.680. The molecule has 2 aliphatic rings. The standard InChI is InChI=1S/C15H22N2/c1-2-6-13(7-3-1)14-12-16-9-11-17-10-5-4-8-15(14)17/h1-3,6-7,14-16H,4-5,8-12H2. The van der Waals surface area contributed by atoms with Crippen LogP contribution in [0.4, 0.5) is 0 Å². The largest absolute Gasteiger partial charge is 0.315 e. The van der Waals surface area contributed by atoms with Gasteiger partial charge in [0.05, 0.1) is 0 Å². The van der Waals surface area contributed by atoms with Gasteiger partial charge in [-0.1, -0.05) is 36.8 Å². The monoisotopic (exact) mass is 230 g/mol. The van der Waals surface area contributed by atoms with E-state index < -0.39 is 0 Å². The zero-order valence-electron chi connectivity index (χ0n) is 10.4. The van der Waals surface area contributed by atoms with Gasteiger partial charge in [-0.3, -0.25) is 4.90 Å². The SMILES string of the molecule is c1ccc(C2CNCCN3CCCCC23)cc1. The third-order valence-corrected chi connectivity index (χ3v) is 4.30. The van der Waals surface area contributed by atoms with Crippen LogP contribution in [-0.2, 0) is 0 Å². The van der Waals surface area contributed by atoms with E-state index in [0.717, 1.165) is 19.1 Å². The molecule has 17 heavy (non-hydrogen) atoms. The Morgan fingerprint density at radius 1 is 1.06 bits per heavy atom. The summed E-state index contributed by atoms with van der Waals surface area (Å²) in [4.78, 5) is 2.71. The lowest BCUT2D eigenvalue weighted by Gasteiger charge is -2.38. The number of nitrogens with zero attached hydrogens (tertiary/aromatic N) is 1. The third kappa shape index (κ3) is 2.38. The molecule has 0 radical (unpaired) electrons. The van der Waals surface area contributed by atoms with E-state index >= 15 is 0 Å². The summed E-state index contributed by atoms with van der Waals surface area (Å²) >= 11 is 0. The maximum atomic E-state index is 3.61. The van der Waals surface area contributed by atoms with E-state index in [1.807, 2.05) is 0 Å². The second kappa shape index (κ2) is 5.19. The van der Waals surface area contributed by atoms with Gasteiger partial charge in [-0.25, -0.2) is 0 Å². The van der Waals surface area contributed by atoms with Crippen LogP contribution in [-0.4, -0.2) is 37.1 Å². The maximum absolute atomic E-state index is 3.61. The number of piperidine rings is 1. The van der Waals surface area contributed by atoms with Gasteiger partial charge >= 0.3 is 0 Å². The molecule has 1 N–H and O–H groups in total. The lowest BCUT2D eigenvalue weighted by molar-refractivity contribution is 0.142. The van der Waals surface area contributed by atoms with Gasteiger partial charge in [0, 0.05) is 31.6 Å². The minimum Gasteiger partial charge on any atom is -0.315 e. The fraction of sp³-hybridized carbons (Fsp3) is 0.600. The van der Waals surface area contributed by atoms with E-state index in [1.165, 1.54) is 37.9 Å². The Bertz CT molecular complexity index is 349. The van der Waals surface area contributed by atoms with Crippen molar-refractivity contribution in [3.05, 3.63) is 35.9 Å². The first kappa shape index (κ1) is 11.2. The molecule has 2 heteroatoms. The van der Waals surface area contributed by atoms with Crippen LogP contribution in [0, 0.1) is 0 Å². The first-order valence-corrected chi connectivity index (χ1v) is 6.95. The highest BCUT2D eigenvalue weighted by molar-refractivity contribution is 5.22. The van der Waals surface area contributed by atoms with Crippen molar-refractivity contribution in [2.75, 3.05) is 26.2 Å². The summed E-state index contributed by atoms with van der Waals surface area (Å²) in [6.45, 7) is 4.83. The minimum absolute atomic E-state index is 0.680. The van der Waals surface area contributed by atoms with Crippen LogP contribution in [0.25, 0.3) is 0 Å². The van der Waals surface area contributed by atoms with Crippen molar-refractivity contribution >= 4 is 0 Å². The third-order valence-electron chi connectivity index (χ3n) is 4.30. The summed E-state index contributed by atoms with van der Waals surface area (Å²) in [6.07, 6.45) is 4.17. The van der Waals surface area contributed by atoms with Crippen LogP contribution in [0.2, 0.25) is 0 Å². The predicted octanol–water partition coefficient (Wildman–Crippen LogP) is 2.23. The molecule has 2 aliphatic heterocycles. The second-order valence-electron chi connectivity index (χ2n) is 5.32. The average Bonchev–Trinajstić information content (AvgIpc) is 2.62. The van der Waals surface area contributed by atoms with Gasteiger partial charge in [-0.2, -0.15) is 0 Å². The molecule has 0 aromatic heterocycles. The molecule has 0 aliphatic carbocycles. The Morgan fingerprint density at radius 2 is 1.94 bits per heavy atom. The second-order valence-corrected chi connectivity index (χ2v) is 5.32. The molecular weight excluding hydrogens is 208 g/mol. The number of fused-ring (bicyclic) bond motifs is 1. The Balaban J connectivity index is 1.85. The molecule has 2 nitrogen and oxygen atoms in total. The average molecular weight is 230 g/mol. The highest BCUT2D eigenvalue weighted by atomic mass is 15.2. The van der Waals surface area contributed by atoms with E-state index in [9.17, 15) is 0 Å². The fourth-order valence-corrected chi connectivity index (χ4v) is 3.41. The zero-order valence-corrected chi connectivity index (χ0v) is 10.4. The Morgan fingerprint density at radius 3 is 2.82 bits per heavy atom. The smallest absolute Gasteiger partial charge is 0.0177 e. The normalized spacial score (nSPS) is 30.6. The van der Waals surface area contributed by atoms with Crippen molar-refractivity contribution in [1.82, 2.24) is 10.2 Å². The molecule has 92 valence electrons. The molecule has 0 amide bonds. The Hall–Kier alpha value is -0.860. The molecule has 2 unspecified atom stereocenters. The van der Waals surface area contributed by atoms with E-state index in [4.69, 9.17) is 0 Å². The number of hydrogen-bond donors (Lipinski definition) is 1. The van der Waals surface area contributed by atoms with Gasteiger partial charge in [-0.05, 0) is 24.9 Å². The molecule has 0 bridgehead atoms. The number of nitrogens with one attached hydrogen (secondary N) is 1. The fourth-order valence-electron chi connectivity index (χ4n) is 3.41. The quantitative estimate of drug-likeness (QED) is 0.796. The van der Waals surface area contributed by atoms with Crippen molar-refractivity contribution in [2.45, 2.75) is 31.2 Å². The first-order chi connectivity index (χ1) is 8.45. The highest BCUT2D eigenvalue weighted by Gasteiger charge is 2.32. The molecular formula is C15H22N2. The summed E-state index contributed by atoms with van der Waals surface area (Å²) in [5.41, 5.74) is 1.51. The molecule has 2 saturated heterocycles. The van der Waals surface area contributed by atoms with Crippen LogP contribution < -0.4 is 5.32 Å². The van der Waals surface area contributed by atoms with Crippen LogP contribution in [0.1, 0.15) is 30.7 Å². The molecule has 3 rings (SSSR count). The first-order valence-electron chi connectivity index (χ1n) is 6.95. The van der Waals surface area contributed by atoms with E-state index in [-0.39, 0.29) is 0 Å². The van der Waals surface area contributed by atoms with Gasteiger partial charge in [0.1, 0.15) is 0 Å². The van der Waals surface area contributed by atoms with Gasteiger partial charge in [-0.15, -0.1) is 0 Å². The van der Waals surface area contributed by atoms with E-state index in [1.54, 1.807) is 0 Å². The van der Waals surface area contributed by atoms with Gasteiger partial charge in [0.2, 0.25) is 0 Å². The number of rotatable bonds is 1. The maximum Gasteiger partial charge on any atom is 0.0177 e. The molecule has 2 fully saturated rings. The van der Waals surface area contributed by atoms with Crippen LogP contribution >= 0.6 is 0 Å². The van der Waals surface area contributed by atoms with Crippen LogP contribution in [0.5, 0.6) is 0 Å². The summed E-state index contributed by atoms with van der Waals surface area (Å²) in [7, 11) is 0. The number of benzene rings is 1. The van der Waals surface area contributed by atoms with Crippen molar-refractivity contribution in [1.29, 1.82) is 0 Å². The van der Waals surface area contributed by atoms with E-state index in [2.05, 4.69) is 40.5 Å². The van der Waals surface area contributed by atoms with Gasteiger partial charge in [0.15, 0.2) is 0 Å². The molecule has 0 saturated carbocycles. The lowest BCUT2D eigenvalue weighted by atomic mass is 9.85. The topological polar surface area (TPSA) is 15.3 Å².